The van der Waals surface area contributed by atoms with E-state index in [-0.39, 0.29) is 23.0 Å². The van der Waals surface area contributed by atoms with Gasteiger partial charge in [0.15, 0.2) is 23.0 Å². The zero-order valence-electron chi connectivity index (χ0n) is 15.7. The molecule has 0 bridgehead atoms. The number of aromatic hydroxyl groups is 1. The van der Waals surface area contributed by atoms with E-state index < -0.39 is 24.1 Å². The molecule has 1 aromatic heterocycles. The lowest BCUT2D eigenvalue weighted by atomic mass is 10.1. The van der Waals surface area contributed by atoms with Gasteiger partial charge in [-0.2, -0.15) is 0 Å². The van der Waals surface area contributed by atoms with E-state index >= 15 is 0 Å². The van der Waals surface area contributed by atoms with Crippen LogP contribution >= 0.6 is 11.3 Å². The molecule has 0 fully saturated rings. The molecule has 27 heavy (non-hydrogen) atoms. The van der Waals surface area contributed by atoms with Crippen molar-refractivity contribution in [3.63, 3.8) is 0 Å². The zero-order valence-corrected chi connectivity index (χ0v) is 16.5. The Bertz CT molecular complexity index is 837. The van der Waals surface area contributed by atoms with Crippen LogP contribution in [0.25, 0.3) is 10.4 Å². The molecular formula is C19H23NO6S. The lowest BCUT2D eigenvalue weighted by Gasteiger charge is -2.19. The van der Waals surface area contributed by atoms with Crippen LogP contribution in [0.1, 0.15) is 37.4 Å². The Labute approximate surface area is 161 Å². The molecule has 0 aliphatic carbocycles. The van der Waals surface area contributed by atoms with Crippen molar-refractivity contribution < 1.29 is 28.9 Å². The maximum atomic E-state index is 12.6. The summed E-state index contributed by atoms with van der Waals surface area (Å²) < 4.78 is 15.6. The number of thiophene rings is 1. The molecule has 0 unspecified atom stereocenters. The fraction of sp³-hybridized carbons (Fsp3) is 0.368. The van der Waals surface area contributed by atoms with Crippen LogP contribution in [0.2, 0.25) is 0 Å². The molecule has 0 saturated carbocycles. The minimum Gasteiger partial charge on any atom is -0.503 e. The van der Waals surface area contributed by atoms with Crippen molar-refractivity contribution in [1.82, 2.24) is 0 Å². The summed E-state index contributed by atoms with van der Waals surface area (Å²) >= 11 is 1.00. The van der Waals surface area contributed by atoms with Crippen molar-refractivity contribution in [3.8, 4) is 21.9 Å². The predicted molar refractivity (Wildman–Crippen MR) is 103 cm³/mol. The maximum absolute atomic E-state index is 12.6. The van der Waals surface area contributed by atoms with E-state index in [1.54, 1.807) is 52.0 Å². The van der Waals surface area contributed by atoms with Gasteiger partial charge < -0.3 is 25.1 Å². The number of esters is 2. The lowest BCUT2D eigenvalue weighted by molar-refractivity contribution is -0.145. The number of ether oxygens (including phenoxy) is 3. The van der Waals surface area contributed by atoms with Crippen LogP contribution in [0, 0.1) is 0 Å². The van der Waals surface area contributed by atoms with Crippen molar-refractivity contribution in [2.75, 3.05) is 18.9 Å². The Kier molecular flexibility index (Phi) is 6.32. The van der Waals surface area contributed by atoms with Crippen molar-refractivity contribution in [1.29, 1.82) is 0 Å². The van der Waals surface area contributed by atoms with E-state index in [1.807, 2.05) is 0 Å². The zero-order chi connectivity index (χ0) is 20.2. The van der Waals surface area contributed by atoms with E-state index in [4.69, 9.17) is 19.9 Å². The number of rotatable bonds is 6. The molecular weight excluding hydrogens is 370 g/mol. The van der Waals surface area contributed by atoms with Gasteiger partial charge in [-0.25, -0.2) is 9.59 Å². The van der Waals surface area contributed by atoms with Crippen LogP contribution in [0.15, 0.2) is 24.3 Å². The second-order valence-corrected chi connectivity index (χ2v) is 7.68. The summed E-state index contributed by atoms with van der Waals surface area (Å²) in [6.07, 6.45) is 0. The highest BCUT2D eigenvalue weighted by molar-refractivity contribution is 7.18. The van der Waals surface area contributed by atoms with Gasteiger partial charge in [-0.1, -0.05) is 12.1 Å². The Morgan fingerprint density at radius 2 is 1.96 bits per heavy atom. The largest absolute Gasteiger partial charge is 0.503 e. The smallest absolute Gasteiger partial charge is 0.352 e. The first kappa shape index (κ1) is 20.6. The summed E-state index contributed by atoms with van der Waals surface area (Å²) in [6, 6.07) is 6.85. The summed E-state index contributed by atoms with van der Waals surface area (Å²) in [5.41, 5.74) is 6.20. The van der Waals surface area contributed by atoms with Gasteiger partial charge in [0, 0.05) is 5.69 Å². The van der Waals surface area contributed by atoms with Crippen LogP contribution in [0.3, 0.4) is 0 Å². The van der Waals surface area contributed by atoms with Crippen molar-refractivity contribution in [2.45, 2.75) is 33.3 Å². The molecule has 0 amide bonds. The summed E-state index contributed by atoms with van der Waals surface area (Å²) in [6.45, 7) is 6.63. The molecule has 2 rings (SSSR count). The normalized spacial score (nSPS) is 11.1. The fourth-order valence-corrected chi connectivity index (χ4v) is 3.22. The minimum atomic E-state index is -0.730. The van der Waals surface area contributed by atoms with Crippen LogP contribution in [0.4, 0.5) is 5.69 Å². The predicted octanol–water partition coefficient (Wildman–Crippen LogP) is 3.60. The quantitative estimate of drug-likeness (QED) is 0.570. The number of hydrogen-bond donors (Lipinski definition) is 2. The van der Waals surface area contributed by atoms with Crippen molar-refractivity contribution >= 4 is 29.0 Å². The Balaban J connectivity index is 2.44. The number of nitrogens with two attached hydrogens (primary N) is 1. The molecule has 0 aliphatic heterocycles. The third kappa shape index (κ3) is 5.37. The highest BCUT2D eigenvalue weighted by Crippen LogP contribution is 2.48. The first-order valence-corrected chi connectivity index (χ1v) is 9.17. The van der Waals surface area contributed by atoms with Crippen LogP contribution in [0.5, 0.6) is 11.5 Å². The molecule has 146 valence electrons. The molecule has 2 aromatic rings. The van der Waals surface area contributed by atoms with E-state index in [1.165, 1.54) is 0 Å². The number of hydrogen-bond acceptors (Lipinski definition) is 8. The summed E-state index contributed by atoms with van der Waals surface area (Å²) in [7, 11) is 0. The molecule has 0 radical (unpaired) electrons. The van der Waals surface area contributed by atoms with Crippen LogP contribution in [-0.4, -0.2) is 35.9 Å². The van der Waals surface area contributed by atoms with Gasteiger partial charge in [0.1, 0.15) is 5.60 Å². The van der Waals surface area contributed by atoms with Gasteiger partial charge in [-0.3, -0.25) is 0 Å². The topological polar surface area (TPSA) is 108 Å². The highest BCUT2D eigenvalue weighted by Gasteiger charge is 2.29. The first-order valence-electron chi connectivity index (χ1n) is 8.35. The van der Waals surface area contributed by atoms with Gasteiger partial charge in [0.2, 0.25) is 0 Å². The van der Waals surface area contributed by atoms with Gasteiger partial charge in [-0.05, 0) is 45.4 Å². The molecule has 8 heteroatoms. The Morgan fingerprint density at radius 3 is 2.56 bits per heavy atom. The summed E-state index contributed by atoms with van der Waals surface area (Å²) in [5.74, 6) is -1.63. The molecule has 1 heterocycles. The Morgan fingerprint density at radius 1 is 1.26 bits per heavy atom. The third-order valence-electron chi connectivity index (χ3n) is 3.21. The van der Waals surface area contributed by atoms with E-state index in [0.29, 0.717) is 16.1 Å². The van der Waals surface area contributed by atoms with Gasteiger partial charge in [0.05, 0.1) is 11.5 Å². The van der Waals surface area contributed by atoms with Gasteiger partial charge in [0.25, 0.3) is 0 Å². The molecule has 1 aromatic carbocycles. The number of benzene rings is 1. The minimum absolute atomic E-state index is 0.0594. The second-order valence-electron chi connectivity index (χ2n) is 6.66. The first-order chi connectivity index (χ1) is 12.6. The number of nitrogen functional groups attached to an aromatic ring is 1. The maximum Gasteiger partial charge on any atom is 0.352 e. The average molecular weight is 393 g/mol. The number of carbonyl (C=O) groups is 2. The number of carbonyl (C=O) groups excluding carboxylic acids is 2. The van der Waals surface area contributed by atoms with Crippen molar-refractivity contribution in [3.05, 3.63) is 29.1 Å². The van der Waals surface area contributed by atoms with Crippen molar-refractivity contribution in [2.24, 2.45) is 0 Å². The van der Waals surface area contributed by atoms with Gasteiger partial charge in [-0.15, -0.1) is 11.3 Å². The highest BCUT2D eigenvalue weighted by atomic mass is 32.1. The Hall–Kier alpha value is -2.74. The average Bonchev–Trinajstić information content (AvgIpc) is 2.88. The molecule has 3 N–H and O–H groups in total. The van der Waals surface area contributed by atoms with E-state index in [0.717, 1.165) is 11.3 Å². The van der Waals surface area contributed by atoms with E-state index in [9.17, 15) is 14.7 Å². The molecule has 0 aliphatic rings. The monoisotopic (exact) mass is 393 g/mol. The molecule has 0 saturated heterocycles. The lowest BCUT2D eigenvalue weighted by Crippen LogP contribution is -2.24. The summed E-state index contributed by atoms with van der Waals surface area (Å²) in [4.78, 5) is 24.6. The number of anilines is 1. The van der Waals surface area contributed by atoms with Gasteiger partial charge >= 0.3 is 11.9 Å². The summed E-state index contributed by atoms with van der Waals surface area (Å²) in [5, 5.41) is 10.6. The SMILES string of the molecule is CCOC(=O)COc1c(C(=O)OC(C)(C)C)sc(-c2cccc(N)c2)c1O. The fourth-order valence-electron chi connectivity index (χ4n) is 2.21. The standard InChI is InChI=1S/C19H23NO6S/c1-5-24-13(21)10-25-15-14(22)16(11-7-6-8-12(20)9-11)27-17(15)18(23)26-19(2,3)4/h6-9,22H,5,10,20H2,1-4H3. The molecule has 0 spiro atoms. The van der Waals surface area contributed by atoms with Crippen LogP contribution in [-0.2, 0) is 14.3 Å². The third-order valence-corrected chi connectivity index (χ3v) is 4.40. The second kappa shape index (κ2) is 8.30. The van der Waals surface area contributed by atoms with Crippen LogP contribution < -0.4 is 10.5 Å². The molecule has 0 atom stereocenters. The van der Waals surface area contributed by atoms with E-state index in [2.05, 4.69) is 0 Å². The molecule has 7 nitrogen and oxygen atoms in total.